The Bertz CT molecular complexity index is 690. The minimum atomic E-state index is -4.13. The Morgan fingerprint density at radius 3 is 2.96 bits per heavy atom. The normalized spacial score (nSPS) is 18.1. The molecule has 0 aromatic carbocycles. The number of aromatic amines is 1. The lowest BCUT2D eigenvalue weighted by Gasteiger charge is -2.32. The number of anilines is 1. The van der Waals surface area contributed by atoms with Crippen molar-refractivity contribution in [1.29, 1.82) is 0 Å². The molecule has 26 heavy (non-hydrogen) atoms. The number of nitrogens with one attached hydrogen (secondary N) is 3. The van der Waals surface area contributed by atoms with Crippen molar-refractivity contribution in [3.63, 3.8) is 0 Å². The molecule has 3 rings (SSSR count). The van der Waals surface area contributed by atoms with Gasteiger partial charge in [-0.2, -0.15) is 13.2 Å². The van der Waals surface area contributed by atoms with E-state index in [-0.39, 0.29) is 5.92 Å². The highest BCUT2D eigenvalue weighted by atomic mass is 19.4. The molecule has 1 unspecified atom stereocenters. The maximum atomic E-state index is 12.1. The average molecular weight is 372 g/mol. The fraction of sp³-hybridized carbons (Fsp3) is 0.562. The number of piperidine rings is 1. The molecule has 144 valence electrons. The first kappa shape index (κ1) is 20.0. The Morgan fingerprint density at radius 2 is 2.27 bits per heavy atom. The maximum Gasteiger partial charge on any atom is 0.401 e. The van der Waals surface area contributed by atoms with Gasteiger partial charge in [0, 0.05) is 26.3 Å². The number of likely N-dealkylation sites (tertiary alicyclic amines) is 1. The van der Waals surface area contributed by atoms with E-state index in [1.807, 2.05) is 19.3 Å². The van der Waals surface area contributed by atoms with Crippen molar-refractivity contribution >= 4 is 23.4 Å². The average Bonchev–Trinajstić information content (AvgIpc) is 3.07. The van der Waals surface area contributed by atoms with Gasteiger partial charge in [0.25, 0.3) is 0 Å². The molecular weight excluding hydrogens is 349 g/mol. The van der Waals surface area contributed by atoms with Gasteiger partial charge in [-0.05, 0) is 31.4 Å². The second kappa shape index (κ2) is 9.37. The molecule has 2 aromatic rings. The second-order valence-corrected chi connectivity index (χ2v) is 6.10. The maximum absolute atomic E-state index is 12.1. The van der Waals surface area contributed by atoms with Gasteiger partial charge in [-0.25, -0.2) is 9.97 Å². The number of carbonyl (C=O) groups is 1. The Balaban J connectivity index is 0.000000195. The number of fused-ring (bicyclic) bond motifs is 1. The van der Waals surface area contributed by atoms with Crippen molar-refractivity contribution in [3.05, 3.63) is 18.5 Å². The van der Waals surface area contributed by atoms with Crippen LogP contribution in [0.3, 0.4) is 0 Å². The number of amides is 1. The number of hydrogen-bond acceptors (Lipinski definition) is 5. The van der Waals surface area contributed by atoms with Crippen LogP contribution in [0.4, 0.5) is 19.0 Å². The summed E-state index contributed by atoms with van der Waals surface area (Å²) in [4.78, 5) is 22.8. The molecule has 0 saturated carbocycles. The molecule has 0 bridgehead atoms. The van der Waals surface area contributed by atoms with E-state index >= 15 is 0 Å². The number of alkyl halides is 3. The summed E-state index contributed by atoms with van der Waals surface area (Å²) < 4.78 is 36.3. The lowest BCUT2D eigenvalue weighted by molar-refractivity contribution is -0.149. The number of halogens is 3. The Labute approximate surface area is 149 Å². The zero-order valence-electron chi connectivity index (χ0n) is 14.5. The molecule has 1 saturated heterocycles. The van der Waals surface area contributed by atoms with Crippen molar-refractivity contribution in [1.82, 2.24) is 25.2 Å². The molecule has 10 heteroatoms. The third-order valence-corrected chi connectivity index (χ3v) is 4.01. The van der Waals surface area contributed by atoms with Crippen molar-refractivity contribution in [2.75, 3.05) is 38.5 Å². The minimum Gasteiger partial charge on any atom is -0.372 e. The summed E-state index contributed by atoms with van der Waals surface area (Å²) in [6.45, 7) is 0.542. The molecule has 7 nitrogen and oxygen atoms in total. The minimum absolute atomic E-state index is 0.145. The molecule has 1 aliphatic rings. The molecule has 1 aliphatic heterocycles. The van der Waals surface area contributed by atoms with Crippen molar-refractivity contribution in [3.8, 4) is 0 Å². The van der Waals surface area contributed by atoms with Crippen LogP contribution in [-0.2, 0) is 4.79 Å². The standard InChI is InChI=1S/C9H15F3N2O.C7H8N4/c10-9(11,12)6-14-3-1-2-8(5-14)4-13-7-15;1-8-6-4-10-7-5(11-6)2-3-9-7/h7-8H,1-6H2,(H,13,15);2-4H,1H3,(H,8,11)(H,9,10). The molecular formula is C16H23F3N6O. The number of aromatic nitrogens is 3. The van der Waals surface area contributed by atoms with Crippen LogP contribution in [-0.4, -0.2) is 65.7 Å². The summed E-state index contributed by atoms with van der Waals surface area (Å²) in [5.41, 5.74) is 1.71. The summed E-state index contributed by atoms with van der Waals surface area (Å²) >= 11 is 0. The first-order valence-electron chi connectivity index (χ1n) is 8.35. The highest BCUT2D eigenvalue weighted by Gasteiger charge is 2.32. The van der Waals surface area contributed by atoms with E-state index in [1.54, 1.807) is 6.20 Å². The largest absolute Gasteiger partial charge is 0.401 e. The predicted molar refractivity (Wildman–Crippen MR) is 92.7 cm³/mol. The van der Waals surface area contributed by atoms with Gasteiger partial charge in [-0.1, -0.05) is 0 Å². The Kier molecular flexibility index (Phi) is 7.19. The zero-order valence-corrected chi connectivity index (χ0v) is 14.5. The van der Waals surface area contributed by atoms with Crippen molar-refractivity contribution in [2.24, 2.45) is 5.92 Å². The molecule has 0 spiro atoms. The lowest BCUT2D eigenvalue weighted by atomic mass is 9.98. The van der Waals surface area contributed by atoms with Crippen LogP contribution in [0.5, 0.6) is 0 Å². The van der Waals surface area contributed by atoms with Crippen LogP contribution in [0.2, 0.25) is 0 Å². The molecule has 1 atom stereocenters. The highest BCUT2D eigenvalue weighted by molar-refractivity contribution is 5.71. The lowest BCUT2D eigenvalue weighted by Crippen LogP contribution is -2.43. The number of rotatable bonds is 5. The van der Waals surface area contributed by atoms with Gasteiger partial charge >= 0.3 is 6.18 Å². The summed E-state index contributed by atoms with van der Waals surface area (Å²) in [7, 11) is 1.82. The molecule has 1 fully saturated rings. The van der Waals surface area contributed by atoms with E-state index in [0.717, 1.165) is 29.8 Å². The smallest absolute Gasteiger partial charge is 0.372 e. The summed E-state index contributed by atoms with van der Waals surface area (Å²) in [5, 5.41) is 5.43. The van der Waals surface area contributed by atoms with Gasteiger partial charge < -0.3 is 15.6 Å². The number of hydrogen-bond donors (Lipinski definition) is 3. The van der Waals surface area contributed by atoms with E-state index in [2.05, 4.69) is 25.6 Å². The Hall–Kier alpha value is -2.36. The van der Waals surface area contributed by atoms with Crippen molar-refractivity contribution in [2.45, 2.75) is 19.0 Å². The predicted octanol–water partition coefficient (Wildman–Crippen LogP) is 2.01. The topological polar surface area (TPSA) is 85.9 Å². The van der Waals surface area contributed by atoms with Crippen LogP contribution < -0.4 is 10.6 Å². The SMILES string of the molecule is CNc1cnc2[nH]ccc2n1.O=CNCC1CCCN(CC(F)(F)F)C1. The molecule has 0 radical (unpaired) electrons. The molecule has 3 N–H and O–H groups in total. The highest BCUT2D eigenvalue weighted by Crippen LogP contribution is 2.21. The van der Waals surface area contributed by atoms with Crippen LogP contribution in [0.25, 0.3) is 11.2 Å². The first-order chi connectivity index (χ1) is 12.4. The fourth-order valence-electron chi connectivity index (χ4n) is 2.88. The number of nitrogens with zero attached hydrogens (tertiary/aromatic N) is 3. The quantitative estimate of drug-likeness (QED) is 0.699. The first-order valence-corrected chi connectivity index (χ1v) is 8.35. The zero-order chi connectivity index (χ0) is 19.0. The number of carbonyl (C=O) groups excluding carboxylic acids is 1. The summed E-state index contributed by atoms with van der Waals surface area (Å²) in [6.07, 6.45) is 1.63. The molecule has 0 aliphatic carbocycles. The monoisotopic (exact) mass is 372 g/mol. The van der Waals surface area contributed by atoms with Crippen LogP contribution in [0, 0.1) is 5.92 Å². The summed E-state index contributed by atoms with van der Waals surface area (Å²) in [5.74, 6) is 0.934. The molecule has 1 amide bonds. The van der Waals surface area contributed by atoms with E-state index in [9.17, 15) is 18.0 Å². The Morgan fingerprint density at radius 1 is 1.46 bits per heavy atom. The number of H-pyrrole nitrogens is 1. The third kappa shape index (κ3) is 6.51. The van der Waals surface area contributed by atoms with E-state index < -0.39 is 12.7 Å². The van der Waals surface area contributed by atoms with Gasteiger partial charge in [-0.15, -0.1) is 0 Å². The molecule has 3 heterocycles. The van der Waals surface area contributed by atoms with E-state index in [4.69, 9.17) is 0 Å². The summed E-state index contributed by atoms with van der Waals surface area (Å²) in [6, 6.07) is 1.89. The second-order valence-electron chi connectivity index (χ2n) is 6.10. The van der Waals surface area contributed by atoms with E-state index in [0.29, 0.717) is 26.0 Å². The van der Waals surface area contributed by atoms with Crippen LogP contribution >= 0.6 is 0 Å². The van der Waals surface area contributed by atoms with Gasteiger partial charge in [0.15, 0.2) is 5.65 Å². The van der Waals surface area contributed by atoms with Gasteiger partial charge in [-0.3, -0.25) is 9.69 Å². The van der Waals surface area contributed by atoms with Crippen LogP contribution in [0.1, 0.15) is 12.8 Å². The van der Waals surface area contributed by atoms with Gasteiger partial charge in [0.1, 0.15) is 11.3 Å². The van der Waals surface area contributed by atoms with Gasteiger partial charge in [0.2, 0.25) is 6.41 Å². The third-order valence-electron chi connectivity index (χ3n) is 4.01. The van der Waals surface area contributed by atoms with Gasteiger partial charge in [0.05, 0.1) is 12.7 Å². The fourth-order valence-corrected chi connectivity index (χ4v) is 2.88. The van der Waals surface area contributed by atoms with Crippen molar-refractivity contribution < 1.29 is 18.0 Å². The van der Waals surface area contributed by atoms with E-state index in [1.165, 1.54) is 4.90 Å². The molecule has 2 aromatic heterocycles. The van der Waals surface area contributed by atoms with Crippen LogP contribution in [0.15, 0.2) is 18.5 Å².